The number of anilines is 2. The molecule has 6 nitrogen and oxygen atoms in total. The number of nitrogens with one attached hydrogen (secondary N) is 1. The molecular formula is C16H21N5O. The average molecular weight is 299 g/mol. The molecule has 2 aliphatic heterocycles. The van der Waals surface area contributed by atoms with Crippen LogP contribution in [-0.2, 0) is 4.79 Å². The summed E-state index contributed by atoms with van der Waals surface area (Å²) in [6, 6.07) is 3.88. The minimum Gasteiger partial charge on any atom is -0.370 e. The quantitative estimate of drug-likeness (QED) is 0.862. The molecule has 1 aromatic heterocycles. The van der Waals surface area contributed by atoms with Gasteiger partial charge in [-0.05, 0) is 37.8 Å². The van der Waals surface area contributed by atoms with Crippen molar-refractivity contribution < 1.29 is 4.79 Å². The molecule has 1 amide bonds. The first kappa shape index (κ1) is 14.6. The van der Waals surface area contributed by atoms with Gasteiger partial charge in [0.15, 0.2) is 6.19 Å². The second-order valence-corrected chi connectivity index (χ2v) is 5.97. The lowest BCUT2D eigenvalue weighted by Crippen LogP contribution is -2.29. The third-order valence-corrected chi connectivity index (χ3v) is 4.42. The Morgan fingerprint density at radius 1 is 1.27 bits per heavy atom. The van der Waals surface area contributed by atoms with Crippen LogP contribution in [0.2, 0.25) is 0 Å². The van der Waals surface area contributed by atoms with Gasteiger partial charge in [0.2, 0.25) is 5.91 Å². The van der Waals surface area contributed by atoms with Crippen molar-refractivity contribution in [2.75, 3.05) is 36.4 Å². The van der Waals surface area contributed by atoms with Gasteiger partial charge < -0.3 is 15.1 Å². The summed E-state index contributed by atoms with van der Waals surface area (Å²) in [7, 11) is 0. The number of aromatic nitrogens is 1. The topological polar surface area (TPSA) is 72.3 Å². The van der Waals surface area contributed by atoms with Crippen molar-refractivity contribution in [3.05, 3.63) is 18.3 Å². The first-order chi connectivity index (χ1) is 10.8. The number of piperidine rings is 1. The molecule has 1 unspecified atom stereocenters. The smallest absolute Gasteiger partial charge is 0.230 e. The van der Waals surface area contributed by atoms with E-state index in [2.05, 4.69) is 21.4 Å². The van der Waals surface area contributed by atoms with Crippen molar-refractivity contribution in [1.82, 2.24) is 9.88 Å². The molecule has 2 fully saturated rings. The first-order valence-electron chi connectivity index (χ1n) is 7.93. The minimum atomic E-state index is -0.122. The van der Waals surface area contributed by atoms with Crippen molar-refractivity contribution in [2.24, 2.45) is 5.92 Å². The van der Waals surface area contributed by atoms with E-state index in [1.807, 2.05) is 18.3 Å². The molecule has 2 saturated heterocycles. The van der Waals surface area contributed by atoms with E-state index in [9.17, 15) is 4.79 Å². The molecule has 3 heterocycles. The fourth-order valence-electron chi connectivity index (χ4n) is 3.09. The molecular weight excluding hydrogens is 278 g/mol. The van der Waals surface area contributed by atoms with E-state index in [1.54, 1.807) is 4.90 Å². The number of nitriles is 1. The molecule has 116 valence electrons. The van der Waals surface area contributed by atoms with Gasteiger partial charge in [-0.3, -0.25) is 4.79 Å². The number of rotatable bonds is 3. The molecule has 1 aromatic rings. The fourth-order valence-corrected chi connectivity index (χ4v) is 3.09. The van der Waals surface area contributed by atoms with Gasteiger partial charge in [-0.25, -0.2) is 4.98 Å². The maximum Gasteiger partial charge on any atom is 0.230 e. The van der Waals surface area contributed by atoms with Gasteiger partial charge in [-0.1, -0.05) is 0 Å². The number of carbonyl (C=O) groups is 1. The summed E-state index contributed by atoms with van der Waals surface area (Å²) in [4.78, 5) is 20.5. The van der Waals surface area contributed by atoms with Crippen molar-refractivity contribution >= 4 is 17.4 Å². The third kappa shape index (κ3) is 3.30. The number of carbonyl (C=O) groups excluding carboxylic acids is 1. The summed E-state index contributed by atoms with van der Waals surface area (Å²) in [5.74, 6) is 0.417. The van der Waals surface area contributed by atoms with Crippen molar-refractivity contribution in [1.29, 1.82) is 5.26 Å². The Hall–Kier alpha value is -2.29. The minimum absolute atomic E-state index is 0.0454. The molecule has 6 heteroatoms. The summed E-state index contributed by atoms with van der Waals surface area (Å²) in [5, 5.41) is 11.7. The summed E-state index contributed by atoms with van der Waals surface area (Å²) in [6.45, 7) is 3.34. The van der Waals surface area contributed by atoms with Crippen LogP contribution in [0.15, 0.2) is 18.3 Å². The molecule has 0 bridgehead atoms. The lowest BCUT2D eigenvalue weighted by Gasteiger charge is -2.28. The lowest BCUT2D eigenvalue weighted by atomic mass is 10.1. The van der Waals surface area contributed by atoms with Gasteiger partial charge in [-0.15, -0.1) is 0 Å². The predicted octanol–water partition coefficient (Wildman–Crippen LogP) is 1.81. The maximum absolute atomic E-state index is 12.2. The SMILES string of the molecule is N#CN1CCC(C(=O)Nc2ccc(N3CCCCC3)cn2)C1. The van der Waals surface area contributed by atoms with E-state index in [0.29, 0.717) is 18.9 Å². The molecule has 3 rings (SSSR count). The zero-order valence-electron chi connectivity index (χ0n) is 12.7. The number of pyridine rings is 1. The Labute approximate surface area is 130 Å². The number of amides is 1. The largest absolute Gasteiger partial charge is 0.370 e. The summed E-state index contributed by atoms with van der Waals surface area (Å²) < 4.78 is 0. The van der Waals surface area contributed by atoms with Crippen LogP contribution in [0.3, 0.4) is 0 Å². The van der Waals surface area contributed by atoms with Crippen LogP contribution in [0.5, 0.6) is 0 Å². The zero-order chi connectivity index (χ0) is 15.4. The maximum atomic E-state index is 12.2. The highest BCUT2D eigenvalue weighted by Crippen LogP contribution is 2.21. The number of hydrogen-bond acceptors (Lipinski definition) is 5. The van der Waals surface area contributed by atoms with Crippen molar-refractivity contribution in [2.45, 2.75) is 25.7 Å². The first-order valence-corrected chi connectivity index (χ1v) is 7.93. The third-order valence-electron chi connectivity index (χ3n) is 4.42. The van der Waals surface area contributed by atoms with E-state index < -0.39 is 0 Å². The van der Waals surface area contributed by atoms with Crippen molar-refractivity contribution in [3.8, 4) is 6.19 Å². The number of hydrogen-bond donors (Lipinski definition) is 1. The molecule has 1 N–H and O–H groups in total. The molecule has 0 saturated carbocycles. The van der Waals surface area contributed by atoms with E-state index >= 15 is 0 Å². The Morgan fingerprint density at radius 2 is 2.09 bits per heavy atom. The van der Waals surface area contributed by atoms with Crippen LogP contribution in [0.1, 0.15) is 25.7 Å². The van der Waals surface area contributed by atoms with E-state index in [4.69, 9.17) is 5.26 Å². The van der Waals surface area contributed by atoms with Crippen LogP contribution >= 0.6 is 0 Å². The van der Waals surface area contributed by atoms with Crippen LogP contribution in [-0.4, -0.2) is 42.0 Å². The van der Waals surface area contributed by atoms with Gasteiger partial charge in [0.25, 0.3) is 0 Å². The standard InChI is InChI=1S/C16H21N5O/c17-12-20-9-6-13(11-20)16(22)19-15-5-4-14(10-18-15)21-7-2-1-3-8-21/h4-5,10,13H,1-3,6-9,11H2,(H,18,19,22). The summed E-state index contributed by atoms with van der Waals surface area (Å²) in [5.41, 5.74) is 1.12. The van der Waals surface area contributed by atoms with Crippen LogP contribution in [0.4, 0.5) is 11.5 Å². The van der Waals surface area contributed by atoms with Crippen LogP contribution in [0, 0.1) is 17.4 Å². The molecule has 0 radical (unpaired) electrons. The Bertz CT molecular complexity index is 559. The van der Waals surface area contributed by atoms with E-state index in [-0.39, 0.29) is 11.8 Å². The predicted molar refractivity (Wildman–Crippen MR) is 84.2 cm³/mol. The molecule has 0 aromatic carbocycles. The fraction of sp³-hybridized carbons (Fsp3) is 0.562. The monoisotopic (exact) mass is 299 g/mol. The Balaban J connectivity index is 1.57. The highest BCUT2D eigenvalue weighted by Gasteiger charge is 2.27. The molecule has 22 heavy (non-hydrogen) atoms. The summed E-state index contributed by atoms with van der Waals surface area (Å²) >= 11 is 0. The highest BCUT2D eigenvalue weighted by molar-refractivity contribution is 5.92. The van der Waals surface area contributed by atoms with Crippen LogP contribution < -0.4 is 10.2 Å². The second kappa shape index (κ2) is 6.65. The normalized spacial score (nSPS) is 21.5. The van der Waals surface area contributed by atoms with Crippen molar-refractivity contribution in [3.63, 3.8) is 0 Å². The molecule has 2 aliphatic rings. The van der Waals surface area contributed by atoms with Gasteiger partial charge in [0.1, 0.15) is 5.82 Å². The lowest BCUT2D eigenvalue weighted by molar-refractivity contribution is -0.119. The number of nitrogens with zero attached hydrogens (tertiary/aromatic N) is 4. The Morgan fingerprint density at radius 3 is 2.73 bits per heavy atom. The highest BCUT2D eigenvalue weighted by atomic mass is 16.2. The summed E-state index contributed by atoms with van der Waals surface area (Å²) in [6.07, 6.45) is 8.41. The number of likely N-dealkylation sites (tertiary alicyclic amines) is 1. The van der Waals surface area contributed by atoms with Gasteiger partial charge in [0, 0.05) is 26.2 Å². The van der Waals surface area contributed by atoms with Gasteiger partial charge >= 0.3 is 0 Å². The zero-order valence-corrected chi connectivity index (χ0v) is 12.7. The Kier molecular flexibility index (Phi) is 4.42. The van der Waals surface area contributed by atoms with E-state index in [0.717, 1.165) is 25.2 Å². The second-order valence-electron chi connectivity index (χ2n) is 5.97. The molecule has 0 spiro atoms. The molecule has 1 atom stereocenters. The van der Waals surface area contributed by atoms with Crippen LogP contribution in [0.25, 0.3) is 0 Å². The van der Waals surface area contributed by atoms with Gasteiger partial charge in [-0.2, -0.15) is 5.26 Å². The molecule has 0 aliphatic carbocycles. The van der Waals surface area contributed by atoms with E-state index in [1.165, 1.54) is 19.3 Å². The average Bonchev–Trinajstić information content (AvgIpc) is 3.06. The van der Waals surface area contributed by atoms with Gasteiger partial charge in [0.05, 0.1) is 17.8 Å².